The van der Waals surface area contributed by atoms with E-state index >= 15 is 0 Å². The molecule has 0 spiro atoms. The first-order valence-corrected chi connectivity index (χ1v) is 6.27. The van der Waals surface area contributed by atoms with Gasteiger partial charge in [0.2, 0.25) is 0 Å². The number of carbonyl (C=O) groups excluding carboxylic acids is 1. The molecule has 0 unspecified atom stereocenters. The van der Waals surface area contributed by atoms with E-state index in [2.05, 4.69) is 5.10 Å². The number of carbonyl (C=O) groups is 1. The van der Waals surface area contributed by atoms with Crippen LogP contribution in [0, 0.1) is 0 Å². The fourth-order valence-corrected chi connectivity index (χ4v) is 2.47. The Morgan fingerprint density at radius 1 is 1.22 bits per heavy atom. The SMILES string of the molecule is Cn1ncc(Cl)c1C(=O)Cc1c(Cl)cccc1Cl. The van der Waals surface area contributed by atoms with E-state index in [0.717, 1.165) is 0 Å². The van der Waals surface area contributed by atoms with Gasteiger partial charge in [-0.25, -0.2) is 0 Å². The molecule has 3 nitrogen and oxygen atoms in total. The molecule has 0 radical (unpaired) electrons. The summed E-state index contributed by atoms with van der Waals surface area (Å²) >= 11 is 18.0. The van der Waals surface area contributed by atoms with Gasteiger partial charge in [-0.3, -0.25) is 9.48 Å². The molecule has 0 aliphatic carbocycles. The van der Waals surface area contributed by atoms with Crippen molar-refractivity contribution in [1.82, 2.24) is 9.78 Å². The number of nitrogens with zero attached hydrogens (tertiary/aromatic N) is 2. The second-order valence-corrected chi connectivity index (χ2v) is 4.99. The van der Waals surface area contributed by atoms with Gasteiger partial charge in [0.1, 0.15) is 5.69 Å². The highest BCUT2D eigenvalue weighted by Crippen LogP contribution is 2.26. The minimum absolute atomic E-state index is 0.0950. The summed E-state index contributed by atoms with van der Waals surface area (Å²) in [4.78, 5) is 12.2. The molecule has 0 aliphatic heterocycles. The third kappa shape index (κ3) is 2.53. The number of aryl methyl sites for hydroxylation is 1. The van der Waals surface area contributed by atoms with Crippen molar-refractivity contribution < 1.29 is 4.79 Å². The Hall–Kier alpha value is -1.03. The number of Topliss-reactive ketones (excluding diaryl/α,β-unsaturated/α-hetero) is 1. The molecule has 0 aliphatic rings. The first kappa shape index (κ1) is 13.4. The summed E-state index contributed by atoms with van der Waals surface area (Å²) < 4.78 is 1.44. The molecule has 0 N–H and O–H groups in total. The molecule has 2 rings (SSSR count). The Kier molecular flexibility index (Phi) is 3.95. The van der Waals surface area contributed by atoms with Gasteiger partial charge in [-0.2, -0.15) is 5.10 Å². The van der Waals surface area contributed by atoms with Gasteiger partial charge in [-0.1, -0.05) is 40.9 Å². The van der Waals surface area contributed by atoms with Crippen molar-refractivity contribution in [1.29, 1.82) is 0 Å². The lowest BCUT2D eigenvalue weighted by atomic mass is 10.1. The summed E-state index contributed by atoms with van der Waals surface area (Å²) in [6.07, 6.45) is 1.53. The van der Waals surface area contributed by atoms with Gasteiger partial charge in [0.15, 0.2) is 5.78 Å². The fourth-order valence-electron chi connectivity index (χ4n) is 1.67. The van der Waals surface area contributed by atoms with Crippen LogP contribution in [0.15, 0.2) is 24.4 Å². The van der Waals surface area contributed by atoms with Crippen LogP contribution in [0.3, 0.4) is 0 Å². The molecule has 0 bridgehead atoms. The van der Waals surface area contributed by atoms with Gasteiger partial charge in [0.25, 0.3) is 0 Å². The average Bonchev–Trinajstić information content (AvgIpc) is 2.64. The van der Waals surface area contributed by atoms with Crippen LogP contribution in [0.1, 0.15) is 16.1 Å². The number of hydrogen-bond acceptors (Lipinski definition) is 2. The third-order valence-electron chi connectivity index (χ3n) is 2.56. The van der Waals surface area contributed by atoms with E-state index in [0.29, 0.717) is 26.3 Å². The predicted molar refractivity (Wildman–Crippen MR) is 72.7 cm³/mol. The number of hydrogen-bond donors (Lipinski definition) is 0. The molecule has 0 amide bonds. The average molecular weight is 304 g/mol. The minimum Gasteiger partial charge on any atom is -0.292 e. The topological polar surface area (TPSA) is 34.9 Å². The Morgan fingerprint density at radius 2 is 1.83 bits per heavy atom. The van der Waals surface area contributed by atoms with Crippen LogP contribution < -0.4 is 0 Å². The molecule has 0 saturated carbocycles. The monoisotopic (exact) mass is 302 g/mol. The summed E-state index contributed by atoms with van der Waals surface area (Å²) in [6.45, 7) is 0. The summed E-state index contributed by atoms with van der Waals surface area (Å²) in [5.41, 5.74) is 0.954. The molecule has 1 aromatic heterocycles. The number of rotatable bonds is 3. The smallest absolute Gasteiger partial charge is 0.186 e. The van der Waals surface area contributed by atoms with Gasteiger partial charge in [-0.15, -0.1) is 0 Å². The molecule has 2 aromatic rings. The summed E-state index contributed by atoms with van der Waals surface area (Å²) in [6, 6.07) is 5.12. The standard InChI is InChI=1S/C12H9Cl3N2O/c1-17-12(10(15)6-16-17)11(18)5-7-8(13)3-2-4-9(7)14/h2-4,6H,5H2,1H3. The lowest BCUT2D eigenvalue weighted by molar-refractivity contribution is 0.0984. The number of benzene rings is 1. The van der Waals surface area contributed by atoms with Crippen LogP contribution in [-0.4, -0.2) is 15.6 Å². The quantitative estimate of drug-likeness (QED) is 0.808. The first-order chi connectivity index (χ1) is 8.50. The van der Waals surface area contributed by atoms with Crippen LogP contribution in [-0.2, 0) is 13.5 Å². The Balaban J connectivity index is 2.33. The third-order valence-corrected chi connectivity index (χ3v) is 3.54. The van der Waals surface area contributed by atoms with Crippen molar-refractivity contribution in [3.8, 4) is 0 Å². The molecule has 0 saturated heterocycles. The van der Waals surface area contributed by atoms with Crippen molar-refractivity contribution in [3.05, 3.63) is 50.7 Å². The zero-order chi connectivity index (χ0) is 13.3. The van der Waals surface area contributed by atoms with E-state index in [1.807, 2.05) is 0 Å². The number of aromatic nitrogens is 2. The molecule has 94 valence electrons. The summed E-state index contributed by atoms with van der Waals surface area (Å²) in [7, 11) is 1.66. The van der Waals surface area contributed by atoms with Crippen LogP contribution in [0.25, 0.3) is 0 Å². The van der Waals surface area contributed by atoms with Crippen molar-refractivity contribution in [2.75, 3.05) is 0 Å². The fraction of sp³-hybridized carbons (Fsp3) is 0.167. The van der Waals surface area contributed by atoms with Crippen molar-refractivity contribution in [3.63, 3.8) is 0 Å². The van der Waals surface area contributed by atoms with E-state index in [-0.39, 0.29) is 12.2 Å². The lowest BCUT2D eigenvalue weighted by Crippen LogP contribution is -2.10. The van der Waals surface area contributed by atoms with Gasteiger partial charge >= 0.3 is 0 Å². The highest BCUT2D eigenvalue weighted by atomic mass is 35.5. The van der Waals surface area contributed by atoms with Crippen LogP contribution >= 0.6 is 34.8 Å². The molecule has 6 heteroatoms. The van der Waals surface area contributed by atoms with Crippen molar-refractivity contribution >= 4 is 40.6 Å². The molecule has 1 aromatic carbocycles. The lowest BCUT2D eigenvalue weighted by Gasteiger charge is -2.06. The Morgan fingerprint density at radius 3 is 2.33 bits per heavy atom. The maximum Gasteiger partial charge on any atom is 0.186 e. The number of ketones is 1. The van der Waals surface area contributed by atoms with E-state index in [1.54, 1.807) is 25.2 Å². The van der Waals surface area contributed by atoms with E-state index < -0.39 is 0 Å². The maximum absolute atomic E-state index is 12.2. The van der Waals surface area contributed by atoms with Gasteiger partial charge in [0, 0.05) is 23.5 Å². The first-order valence-electron chi connectivity index (χ1n) is 5.14. The Labute approximate surface area is 119 Å². The second kappa shape index (κ2) is 5.31. The van der Waals surface area contributed by atoms with Crippen molar-refractivity contribution in [2.24, 2.45) is 7.05 Å². The molecular weight excluding hydrogens is 295 g/mol. The van der Waals surface area contributed by atoms with Gasteiger partial charge < -0.3 is 0 Å². The normalized spacial score (nSPS) is 10.7. The maximum atomic E-state index is 12.2. The van der Waals surface area contributed by atoms with Crippen LogP contribution in [0.2, 0.25) is 15.1 Å². The highest BCUT2D eigenvalue weighted by molar-refractivity contribution is 6.37. The van der Waals surface area contributed by atoms with E-state index in [4.69, 9.17) is 34.8 Å². The molecule has 18 heavy (non-hydrogen) atoms. The van der Waals surface area contributed by atoms with Crippen LogP contribution in [0.4, 0.5) is 0 Å². The molecule has 0 fully saturated rings. The summed E-state index contributed by atoms with van der Waals surface area (Å²) in [5, 5.41) is 5.18. The predicted octanol–water partition coefficient (Wildman–Crippen LogP) is 3.81. The largest absolute Gasteiger partial charge is 0.292 e. The Bertz CT molecular complexity index is 568. The highest BCUT2D eigenvalue weighted by Gasteiger charge is 2.18. The van der Waals surface area contributed by atoms with Crippen LogP contribution in [0.5, 0.6) is 0 Å². The minimum atomic E-state index is -0.171. The molecule has 1 heterocycles. The van der Waals surface area contributed by atoms with E-state index in [1.165, 1.54) is 10.9 Å². The van der Waals surface area contributed by atoms with Gasteiger partial charge in [-0.05, 0) is 17.7 Å². The molecular formula is C12H9Cl3N2O. The van der Waals surface area contributed by atoms with Gasteiger partial charge in [0.05, 0.1) is 11.2 Å². The summed E-state index contributed by atoms with van der Waals surface area (Å²) in [5.74, 6) is -0.171. The zero-order valence-corrected chi connectivity index (χ0v) is 11.7. The molecule has 0 atom stereocenters. The second-order valence-electron chi connectivity index (χ2n) is 3.76. The van der Waals surface area contributed by atoms with Crippen molar-refractivity contribution in [2.45, 2.75) is 6.42 Å². The zero-order valence-electron chi connectivity index (χ0n) is 9.45. The number of halogens is 3. The van der Waals surface area contributed by atoms with E-state index in [9.17, 15) is 4.79 Å².